The second-order valence-corrected chi connectivity index (χ2v) is 6.52. The summed E-state index contributed by atoms with van der Waals surface area (Å²) in [6.07, 6.45) is 8.52. The van der Waals surface area contributed by atoms with Crippen LogP contribution in [0.1, 0.15) is 56.4 Å². The molecule has 2 fully saturated rings. The van der Waals surface area contributed by atoms with Gasteiger partial charge in [-0.3, -0.25) is 0 Å². The average Bonchev–Trinajstić information content (AvgIpc) is 3.22. The normalized spacial score (nSPS) is 20.2. The first-order valence-corrected chi connectivity index (χ1v) is 8.42. The lowest BCUT2D eigenvalue weighted by atomic mass is 9.91. The van der Waals surface area contributed by atoms with Gasteiger partial charge >= 0.3 is 6.03 Å². The van der Waals surface area contributed by atoms with Gasteiger partial charge in [0.15, 0.2) is 0 Å². The van der Waals surface area contributed by atoms with Crippen LogP contribution in [0.5, 0.6) is 0 Å². The Labute approximate surface area is 127 Å². The highest BCUT2D eigenvalue weighted by Crippen LogP contribution is 2.44. The molecule has 0 bridgehead atoms. The summed E-state index contributed by atoms with van der Waals surface area (Å²) in [6, 6.07) is 11.2. The fourth-order valence-electron chi connectivity index (χ4n) is 3.52. The first-order chi connectivity index (χ1) is 10.3. The third-order valence-corrected chi connectivity index (χ3v) is 4.85. The molecule has 0 spiro atoms. The Morgan fingerprint density at radius 3 is 2.48 bits per heavy atom. The number of rotatable bonds is 6. The summed E-state index contributed by atoms with van der Waals surface area (Å²) in [5, 5.41) is 6.13. The molecule has 1 atom stereocenters. The maximum atomic E-state index is 11.9. The Morgan fingerprint density at radius 1 is 1.10 bits per heavy atom. The molecule has 1 aromatic rings. The van der Waals surface area contributed by atoms with Gasteiger partial charge in [0.05, 0.1) is 0 Å². The highest BCUT2D eigenvalue weighted by molar-refractivity contribution is 5.74. The van der Waals surface area contributed by atoms with Gasteiger partial charge in [-0.05, 0) is 49.5 Å². The summed E-state index contributed by atoms with van der Waals surface area (Å²) in [4.78, 5) is 11.9. The van der Waals surface area contributed by atoms with Gasteiger partial charge in [-0.25, -0.2) is 4.79 Å². The highest BCUT2D eigenvalue weighted by Gasteiger charge is 2.31. The molecule has 3 heteroatoms. The number of amides is 2. The summed E-state index contributed by atoms with van der Waals surface area (Å²) in [6.45, 7) is 0.772. The second-order valence-electron chi connectivity index (χ2n) is 6.52. The number of hydrogen-bond donors (Lipinski definition) is 2. The van der Waals surface area contributed by atoms with E-state index in [4.69, 9.17) is 0 Å². The zero-order valence-corrected chi connectivity index (χ0v) is 12.7. The first kappa shape index (κ1) is 14.4. The maximum Gasteiger partial charge on any atom is 0.315 e. The van der Waals surface area contributed by atoms with E-state index in [9.17, 15) is 4.79 Å². The average molecular weight is 286 g/mol. The number of hydrogen-bond acceptors (Lipinski definition) is 1. The summed E-state index contributed by atoms with van der Waals surface area (Å²) >= 11 is 0. The predicted molar refractivity (Wildman–Crippen MR) is 85.3 cm³/mol. The highest BCUT2D eigenvalue weighted by atomic mass is 16.2. The third-order valence-electron chi connectivity index (χ3n) is 4.85. The van der Waals surface area contributed by atoms with E-state index in [0.717, 1.165) is 31.7 Å². The minimum Gasteiger partial charge on any atom is -0.338 e. The molecule has 2 N–H and O–H groups in total. The van der Waals surface area contributed by atoms with Crippen LogP contribution in [0.15, 0.2) is 30.3 Å². The van der Waals surface area contributed by atoms with Crippen LogP contribution in [0, 0.1) is 5.92 Å². The van der Waals surface area contributed by atoms with Crippen molar-refractivity contribution in [2.45, 2.75) is 56.9 Å². The first-order valence-electron chi connectivity index (χ1n) is 8.42. The van der Waals surface area contributed by atoms with Crippen molar-refractivity contribution >= 4 is 6.03 Å². The standard InChI is InChI=1S/C18H26N2O/c21-18(20-16-8-4-5-9-16)19-13-12-17(15-10-11-15)14-6-2-1-3-7-14/h1-3,6-7,15-17H,4-5,8-13H2,(H2,19,20,21). The maximum absolute atomic E-state index is 11.9. The molecule has 1 unspecified atom stereocenters. The van der Waals surface area contributed by atoms with Crippen LogP contribution in [0.2, 0.25) is 0 Å². The molecule has 0 aliphatic heterocycles. The lowest BCUT2D eigenvalue weighted by Crippen LogP contribution is -2.41. The van der Waals surface area contributed by atoms with Crippen molar-refractivity contribution in [1.29, 1.82) is 0 Å². The minimum atomic E-state index is 0.0181. The van der Waals surface area contributed by atoms with Crippen LogP contribution in [-0.4, -0.2) is 18.6 Å². The van der Waals surface area contributed by atoms with E-state index < -0.39 is 0 Å². The number of urea groups is 1. The van der Waals surface area contributed by atoms with E-state index in [-0.39, 0.29) is 6.03 Å². The molecule has 0 radical (unpaired) electrons. The van der Waals surface area contributed by atoms with E-state index in [2.05, 4.69) is 41.0 Å². The minimum absolute atomic E-state index is 0.0181. The van der Waals surface area contributed by atoms with Crippen LogP contribution in [0.4, 0.5) is 4.79 Å². The molecule has 0 heterocycles. The SMILES string of the molecule is O=C(NCCC(c1ccccc1)C1CC1)NC1CCCC1. The number of carbonyl (C=O) groups excluding carboxylic acids is 1. The molecule has 114 valence electrons. The largest absolute Gasteiger partial charge is 0.338 e. The van der Waals surface area contributed by atoms with Gasteiger partial charge in [0.2, 0.25) is 0 Å². The Morgan fingerprint density at radius 2 is 1.81 bits per heavy atom. The summed E-state index contributed by atoms with van der Waals surface area (Å²) in [5.41, 5.74) is 1.43. The summed E-state index contributed by atoms with van der Waals surface area (Å²) < 4.78 is 0. The molecular weight excluding hydrogens is 260 g/mol. The fourth-order valence-corrected chi connectivity index (χ4v) is 3.52. The van der Waals surface area contributed by atoms with Crippen LogP contribution < -0.4 is 10.6 Å². The summed E-state index contributed by atoms with van der Waals surface area (Å²) in [5.74, 6) is 1.44. The van der Waals surface area contributed by atoms with Gasteiger partial charge in [-0.15, -0.1) is 0 Å². The van der Waals surface area contributed by atoms with Crippen molar-refractivity contribution in [3.8, 4) is 0 Å². The Kier molecular flexibility index (Phi) is 4.79. The van der Waals surface area contributed by atoms with Crippen molar-refractivity contribution in [2.24, 2.45) is 5.92 Å². The van der Waals surface area contributed by atoms with Gasteiger partial charge < -0.3 is 10.6 Å². The van der Waals surface area contributed by atoms with Crippen LogP contribution >= 0.6 is 0 Å². The van der Waals surface area contributed by atoms with Crippen molar-refractivity contribution in [2.75, 3.05) is 6.54 Å². The molecule has 2 aliphatic carbocycles. The zero-order valence-electron chi connectivity index (χ0n) is 12.7. The number of nitrogens with one attached hydrogen (secondary N) is 2. The summed E-state index contributed by atoms with van der Waals surface area (Å²) in [7, 11) is 0. The fraction of sp³-hybridized carbons (Fsp3) is 0.611. The quantitative estimate of drug-likeness (QED) is 0.820. The van der Waals surface area contributed by atoms with Gasteiger partial charge in [-0.1, -0.05) is 43.2 Å². The zero-order chi connectivity index (χ0) is 14.5. The molecule has 3 rings (SSSR count). The predicted octanol–water partition coefficient (Wildman–Crippen LogP) is 3.81. The second kappa shape index (κ2) is 6.97. The van der Waals surface area contributed by atoms with Gasteiger partial charge in [0, 0.05) is 12.6 Å². The monoisotopic (exact) mass is 286 g/mol. The molecule has 0 saturated heterocycles. The molecule has 2 amide bonds. The number of carbonyl (C=O) groups is 1. The van der Waals surface area contributed by atoms with Gasteiger partial charge in [0.1, 0.15) is 0 Å². The molecule has 21 heavy (non-hydrogen) atoms. The number of benzene rings is 1. The van der Waals surface area contributed by atoms with Crippen molar-refractivity contribution in [1.82, 2.24) is 10.6 Å². The van der Waals surface area contributed by atoms with E-state index in [1.165, 1.54) is 31.2 Å². The molecule has 3 nitrogen and oxygen atoms in total. The smallest absolute Gasteiger partial charge is 0.315 e. The lowest BCUT2D eigenvalue weighted by molar-refractivity contribution is 0.236. The van der Waals surface area contributed by atoms with Crippen LogP contribution in [0.25, 0.3) is 0 Å². The molecule has 0 aromatic heterocycles. The van der Waals surface area contributed by atoms with E-state index in [0.29, 0.717) is 12.0 Å². The Bertz CT molecular complexity index is 450. The third kappa shape index (κ3) is 4.23. The molecule has 2 saturated carbocycles. The van der Waals surface area contributed by atoms with Gasteiger partial charge in [0.25, 0.3) is 0 Å². The van der Waals surface area contributed by atoms with E-state index in [1.807, 2.05) is 0 Å². The Balaban J connectivity index is 1.43. The van der Waals surface area contributed by atoms with Crippen molar-refractivity contribution in [3.05, 3.63) is 35.9 Å². The molecule has 2 aliphatic rings. The topological polar surface area (TPSA) is 41.1 Å². The Hall–Kier alpha value is -1.51. The van der Waals surface area contributed by atoms with Crippen LogP contribution in [0.3, 0.4) is 0 Å². The van der Waals surface area contributed by atoms with Crippen molar-refractivity contribution in [3.63, 3.8) is 0 Å². The van der Waals surface area contributed by atoms with Crippen LogP contribution in [-0.2, 0) is 0 Å². The molecular formula is C18H26N2O. The van der Waals surface area contributed by atoms with Gasteiger partial charge in [-0.2, -0.15) is 0 Å². The molecule has 1 aromatic carbocycles. The lowest BCUT2D eigenvalue weighted by Gasteiger charge is -2.18. The van der Waals surface area contributed by atoms with E-state index in [1.54, 1.807) is 0 Å². The van der Waals surface area contributed by atoms with E-state index >= 15 is 0 Å². The van der Waals surface area contributed by atoms with Crippen molar-refractivity contribution < 1.29 is 4.79 Å².